The number of likely N-dealkylation sites (N-methyl/N-ethyl adjacent to an activating group) is 1. The summed E-state index contributed by atoms with van der Waals surface area (Å²) in [7, 11) is 2.14. The molecule has 152 valence electrons. The third-order valence-corrected chi connectivity index (χ3v) is 5.51. The minimum Gasteiger partial charge on any atom is -0.399 e. The summed E-state index contributed by atoms with van der Waals surface area (Å²) in [6.45, 7) is 5.85. The summed E-state index contributed by atoms with van der Waals surface area (Å²) >= 11 is 1.51. The lowest BCUT2D eigenvalue weighted by Gasteiger charge is -2.33. The monoisotopic (exact) mass is 411 g/mol. The average molecular weight is 412 g/mol. The molecule has 1 fully saturated rings. The molecule has 1 saturated heterocycles. The molecule has 3 aromatic rings. The maximum atomic E-state index is 5.80. The zero-order valence-electron chi connectivity index (χ0n) is 16.5. The van der Waals surface area contributed by atoms with Crippen LogP contribution in [0.25, 0.3) is 0 Å². The summed E-state index contributed by atoms with van der Waals surface area (Å²) in [5.41, 5.74) is 13.7. The number of nitrogens with two attached hydrogens (primary N) is 1. The highest BCUT2D eigenvalue weighted by Gasteiger charge is 2.17. The van der Waals surface area contributed by atoms with E-state index in [2.05, 4.69) is 42.9 Å². The zero-order valence-corrected chi connectivity index (χ0v) is 17.3. The number of aromatic amines is 1. The number of aromatic nitrogens is 4. The predicted octanol–water partition coefficient (Wildman–Crippen LogP) is 2.43. The Morgan fingerprint density at radius 1 is 1.00 bits per heavy atom. The van der Waals surface area contributed by atoms with Crippen LogP contribution in [0.4, 0.5) is 23.1 Å². The van der Waals surface area contributed by atoms with Crippen molar-refractivity contribution >= 4 is 34.9 Å². The van der Waals surface area contributed by atoms with E-state index >= 15 is 0 Å². The van der Waals surface area contributed by atoms with E-state index in [1.165, 1.54) is 11.8 Å². The SMILES string of the molecule is Cc1cc(NNc2cc(N3CCN(C)CC3)nc(Sc3ccc(N)cc3)n2)n[nH]1. The van der Waals surface area contributed by atoms with Crippen LogP contribution in [0.3, 0.4) is 0 Å². The Bertz CT molecular complexity index is 949. The molecule has 0 spiro atoms. The number of piperazine rings is 1. The number of aryl methyl sites for hydroxylation is 1. The molecule has 0 atom stereocenters. The summed E-state index contributed by atoms with van der Waals surface area (Å²) in [4.78, 5) is 15.1. The Morgan fingerprint density at radius 3 is 2.41 bits per heavy atom. The smallest absolute Gasteiger partial charge is 0.196 e. The predicted molar refractivity (Wildman–Crippen MR) is 117 cm³/mol. The van der Waals surface area contributed by atoms with E-state index in [1.807, 2.05) is 43.3 Å². The molecule has 0 aliphatic carbocycles. The standard InChI is InChI=1S/C19H25N9S/c1-13-11-17(25-23-13)26-24-16-12-18(28-9-7-27(2)8-10-28)22-19(21-16)29-15-5-3-14(20)4-6-15/h3-6,11-12H,7-10,20H2,1-2H3,(H,21,22,24)(H2,23,25,26). The topological polar surface area (TPSA) is 111 Å². The molecule has 0 unspecified atom stereocenters. The van der Waals surface area contributed by atoms with Gasteiger partial charge in [0.05, 0.1) is 0 Å². The first-order valence-electron chi connectivity index (χ1n) is 9.45. The lowest BCUT2D eigenvalue weighted by Crippen LogP contribution is -2.44. The second kappa shape index (κ2) is 8.58. The van der Waals surface area contributed by atoms with Crippen LogP contribution in [0, 0.1) is 6.92 Å². The molecule has 1 aliphatic rings. The molecular weight excluding hydrogens is 386 g/mol. The van der Waals surface area contributed by atoms with Gasteiger partial charge in [-0.15, -0.1) is 0 Å². The minimum atomic E-state index is 0.675. The first-order valence-corrected chi connectivity index (χ1v) is 10.3. The van der Waals surface area contributed by atoms with Crippen LogP contribution < -0.4 is 21.5 Å². The Morgan fingerprint density at radius 2 is 1.72 bits per heavy atom. The van der Waals surface area contributed by atoms with Crippen molar-refractivity contribution in [2.45, 2.75) is 17.0 Å². The molecule has 1 aliphatic heterocycles. The highest BCUT2D eigenvalue weighted by molar-refractivity contribution is 7.99. The highest BCUT2D eigenvalue weighted by Crippen LogP contribution is 2.29. The van der Waals surface area contributed by atoms with Gasteiger partial charge in [-0.1, -0.05) is 0 Å². The van der Waals surface area contributed by atoms with Gasteiger partial charge in [-0.25, -0.2) is 9.97 Å². The van der Waals surface area contributed by atoms with E-state index in [1.54, 1.807) is 0 Å². The molecule has 3 heterocycles. The van der Waals surface area contributed by atoms with Crippen molar-refractivity contribution in [2.75, 3.05) is 54.7 Å². The number of nitrogens with one attached hydrogen (secondary N) is 3. The van der Waals surface area contributed by atoms with Gasteiger partial charge in [-0.2, -0.15) is 5.10 Å². The van der Waals surface area contributed by atoms with Gasteiger partial charge in [0.2, 0.25) is 0 Å². The molecule has 4 rings (SSSR count). The minimum absolute atomic E-state index is 0.675. The second-order valence-corrected chi connectivity index (χ2v) is 8.08. The number of anilines is 4. The number of rotatable bonds is 6. The van der Waals surface area contributed by atoms with Crippen molar-refractivity contribution < 1.29 is 0 Å². The third kappa shape index (κ3) is 5.09. The second-order valence-electron chi connectivity index (χ2n) is 7.04. The number of nitrogen functional groups attached to an aromatic ring is 1. The van der Waals surface area contributed by atoms with Crippen LogP contribution in [0.1, 0.15) is 5.69 Å². The van der Waals surface area contributed by atoms with Crippen LogP contribution >= 0.6 is 11.8 Å². The van der Waals surface area contributed by atoms with Gasteiger partial charge in [-0.05, 0) is 50.0 Å². The summed E-state index contributed by atoms with van der Waals surface area (Å²) in [6, 6.07) is 11.6. The van der Waals surface area contributed by atoms with Crippen LogP contribution in [-0.4, -0.2) is 58.3 Å². The van der Waals surface area contributed by atoms with Crippen LogP contribution in [-0.2, 0) is 0 Å². The highest BCUT2D eigenvalue weighted by atomic mass is 32.2. The largest absolute Gasteiger partial charge is 0.399 e. The Labute approximate surface area is 174 Å². The van der Waals surface area contributed by atoms with Gasteiger partial charge < -0.3 is 15.5 Å². The number of hydrazine groups is 1. The Kier molecular flexibility index (Phi) is 5.72. The van der Waals surface area contributed by atoms with Crippen molar-refractivity contribution in [3.8, 4) is 0 Å². The van der Waals surface area contributed by atoms with E-state index in [0.717, 1.165) is 48.3 Å². The average Bonchev–Trinajstić information content (AvgIpc) is 3.14. The quantitative estimate of drug-likeness (QED) is 0.276. The fourth-order valence-corrected chi connectivity index (χ4v) is 3.74. The third-order valence-electron chi connectivity index (χ3n) is 4.63. The molecule has 5 N–H and O–H groups in total. The first kappa shape index (κ1) is 19.3. The Hall–Kier alpha value is -2.98. The molecule has 0 radical (unpaired) electrons. The number of hydrogen-bond acceptors (Lipinski definition) is 9. The molecule has 0 bridgehead atoms. The van der Waals surface area contributed by atoms with E-state index in [0.29, 0.717) is 16.8 Å². The van der Waals surface area contributed by atoms with Crippen molar-refractivity contribution in [3.05, 3.63) is 42.1 Å². The van der Waals surface area contributed by atoms with Crippen LogP contribution in [0.2, 0.25) is 0 Å². The Balaban J connectivity index is 1.56. The fraction of sp³-hybridized carbons (Fsp3) is 0.316. The number of H-pyrrole nitrogens is 1. The molecule has 2 aromatic heterocycles. The molecule has 0 amide bonds. The summed E-state index contributed by atoms with van der Waals surface area (Å²) in [5, 5.41) is 7.76. The molecular formula is C19H25N9S. The van der Waals surface area contributed by atoms with Gasteiger partial charge in [-0.3, -0.25) is 16.0 Å². The van der Waals surface area contributed by atoms with E-state index in [9.17, 15) is 0 Å². The van der Waals surface area contributed by atoms with Crippen molar-refractivity contribution in [2.24, 2.45) is 0 Å². The molecule has 0 saturated carbocycles. The van der Waals surface area contributed by atoms with Crippen molar-refractivity contribution in [1.82, 2.24) is 25.1 Å². The number of nitrogens with zero attached hydrogens (tertiary/aromatic N) is 5. The van der Waals surface area contributed by atoms with Crippen LogP contribution in [0.15, 0.2) is 46.5 Å². The molecule has 9 nitrogen and oxygen atoms in total. The van der Waals surface area contributed by atoms with Crippen LogP contribution in [0.5, 0.6) is 0 Å². The molecule has 10 heteroatoms. The van der Waals surface area contributed by atoms with E-state index in [4.69, 9.17) is 10.7 Å². The van der Waals surface area contributed by atoms with Gasteiger partial charge in [0.25, 0.3) is 0 Å². The zero-order chi connectivity index (χ0) is 20.2. The molecule has 1 aromatic carbocycles. The van der Waals surface area contributed by atoms with Gasteiger partial charge in [0.1, 0.15) is 5.82 Å². The normalized spacial score (nSPS) is 14.8. The van der Waals surface area contributed by atoms with Gasteiger partial charge in [0, 0.05) is 54.6 Å². The van der Waals surface area contributed by atoms with Gasteiger partial charge >= 0.3 is 0 Å². The lowest BCUT2D eigenvalue weighted by molar-refractivity contribution is 0.312. The summed E-state index contributed by atoms with van der Waals surface area (Å²) in [6.07, 6.45) is 0. The first-order chi connectivity index (χ1) is 14.0. The maximum absolute atomic E-state index is 5.80. The van der Waals surface area contributed by atoms with Crippen molar-refractivity contribution in [1.29, 1.82) is 0 Å². The summed E-state index contributed by atoms with van der Waals surface area (Å²) < 4.78 is 0. The number of benzene rings is 1. The fourth-order valence-electron chi connectivity index (χ4n) is 2.97. The van der Waals surface area contributed by atoms with Crippen molar-refractivity contribution in [3.63, 3.8) is 0 Å². The van der Waals surface area contributed by atoms with Gasteiger partial charge in [0.15, 0.2) is 16.8 Å². The molecule has 29 heavy (non-hydrogen) atoms. The number of hydrogen-bond donors (Lipinski definition) is 4. The lowest BCUT2D eigenvalue weighted by atomic mass is 10.3. The maximum Gasteiger partial charge on any atom is 0.196 e. The van der Waals surface area contributed by atoms with E-state index in [-0.39, 0.29) is 0 Å². The van der Waals surface area contributed by atoms with E-state index < -0.39 is 0 Å². The summed E-state index contributed by atoms with van der Waals surface area (Å²) in [5.74, 6) is 2.30.